The van der Waals surface area contributed by atoms with Crippen molar-refractivity contribution in [3.8, 4) is 23.4 Å². The molecule has 0 aliphatic carbocycles. The lowest BCUT2D eigenvalue weighted by molar-refractivity contribution is 0.306. The Morgan fingerprint density at radius 2 is 1.70 bits per heavy atom. The lowest BCUT2D eigenvalue weighted by Gasteiger charge is -2.13. The minimum absolute atomic E-state index is 0.188. The molecule has 7 rings (SSSR count). The summed E-state index contributed by atoms with van der Waals surface area (Å²) in [5.41, 5.74) is 2.78. The SMILES string of the molecule is N#Cc1ccccc1COc1ccc2ccccc2c1C=Nn1c(-c2cc3cc(Cl)ccc3o2)nc2ccccc2c1=O. The van der Waals surface area contributed by atoms with Crippen molar-refractivity contribution in [2.75, 3.05) is 0 Å². The molecule has 7 aromatic rings. The number of para-hydroxylation sites is 1. The molecule has 0 aliphatic heterocycles. The van der Waals surface area contributed by atoms with Crippen molar-refractivity contribution >= 4 is 50.5 Å². The number of hydrogen-bond acceptors (Lipinski definition) is 6. The second-order valence-corrected chi connectivity index (χ2v) is 10.3. The highest BCUT2D eigenvalue weighted by molar-refractivity contribution is 6.31. The maximum absolute atomic E-state index is 13.8. The Morgan fingerprint density at radius 1 is 0.907 bits per heavy atom. The molecule has 2 heterocycles. The Morgan fingerprint density at radius 3 is 2.58 bits per heavy atom. The molecule has 7 nitrogen and oxygen atoms in total. The second kappa shape index (κ2) is 10.9. The van der Waals surface area contributed by atoms with Crippen molar-refractivity contribution in [2.45, 2.75) is 6.61 Å². The van der Waals surface area contributed by atoms with Crippen LogP contribution in [-0.4, -0.2) is 15.9 Å². The van der Waals surface area contributed by atoms with Gasteiger partial charge in [0.05, 0.1) is 28.8 Å². The lowest BCUT2D eigenvalue weighted by atomic mass is 10.0. The fraction of sp³-hybridized carbons (Fsp3) is 0.0286. The maximum Gasteiger partial charge on any atom is 0.282 e. The first-order valence-corrected chi connectivity index (χ1v) is 13.8. The van der Waals surface area contributed by atoms with E-state index in [-0.39, 0.29) is 18.0 Å². The Bertz CT molecular complexity index is 2310. The van der Waals surface area contributed by atoms with Gasteiger partial charge in [-0.15, -0.1) is 0 Å². The van der Waals surface area contributed by atoms with Crippen LogP contribution >= 0.6 is 11.6 Å². The number of halogens is 1. The third kappa shape index (κ3) is 4.90. The number of aromatic nitrogens is 2. The molecule has 0 saturated heterocycles. The number of rotatable bonds is 6. The number of hydrogen-bond donors (Lipinski definition) is 0. The minimum Gasteiger partial charge on any atom is -0.488 e. The van der Waals surface area contributed by atoms with Gasteiger partial charge in [0.25, 0.3) is 5.56 Å². The Kier molecular flexibility index (Phi) is 6.66. The van der Waals surface area contributed by atoms with Crippen LogP contribution in [0.2, 0.25) is 5.02 Å². The molecular weight excluding hydrogens is 560 g/mol. The zero-order chi connectivity index (χ0) is 29.3. The smallest absolute Gasteiger partial charge is 0.282 e. The van der Waals surface area contributed by atoms with E-state index in [4.69, 9.17) is 25.7 Å². The third-order valence-electron chi connectivity index (χ3n) is 7.21. The first-order chi connectivity index (χ1) is 21.1. The molecule has 5 aromatic carbocycles. The zero-order valence-electron chi connectivity index (χ0n) is 22.6. The average Bonchev–Trinajstić information content (AvgIpc) is 3.46. The highest BCUT2D eigenvalue weighted by atomic mass is 35.5. The summed E-state index contributed by atoms with van der Waals surface area (Å²) in [6.45, 7) is 0.188. The van der Waals surface area contributed by atoms with Crippen molar-refractivity contribution in [1.82, 2.24) is 9.66 Å². The van der Waals surface area contributed by atoms with Crippen LogP contribution < -0.4 is 10.3 Å². The summed E-state index contributed by atoms with van der Waals surface area (Å²) in [5.74, 6) is 1.18. The van der Waals surface area contributed by atoms with Gasteiger partial charge in [-0.3, -0.25) is 4.79 Å². The summed E-state index contributed by atoms with van der Waals surface area (Å²) in [4.78, 5) is 18.6. The molecule has 43 heavy (non-hydrogen) atoms. The van der Waals surface area contributed by atoms with E-state index >= 15 is 0 Å². The van der Waals surface area contributed by atoms with Crippen LogP contribution in [0.5, 0.6) is 5.75 Å². The van der Waals surface area contributed by atoms with E-state index in [1.807, 2.05) is 60.7 Å². The number of benzene rings is 5. The van der Waals surface area contributed by atoms with E-state index in [2.05, 4.69) is 11.2 Å². The minimum atomic E-state index is -0.346. The van der Waals surface area contributed by atoms with Gasteiger partial charge in [-0.05, 0) is 59.3 Å². The van der Waals surface area contributed by atoms with Gasteiger partial charge in [0.2, 0.25) is 5.82 Å². The topological polar surface area (TPSA) is 93.4 Å². The summed E-state index contributed by atoms with van der Waals surface area (Å²) in [7, 11) is 0. The van der Waals surface area contributed by atoms with Crippen LogP contribution in [0.4, 0.5) is 0 Å². The standard InChI is InChI=1S/C35H21ClN4O3/c36-26-14-16-31-25(17-26)18-33(43-31)34-39-30-12-6-5-11-28(30)35(41)40(34)38-20-29-27-10-4-3-7-22(27)13-15-32(29)42-21-24-9-2-1-8-23(24)19-37/h1-18,20H,21H2. The summed E-state index contributed by atoms with van der Waals surface area (Å²) >= 11 is 6.21. The van der Waals surface area contributed by atoms with E-state index in [9.17, 15) is 10.1 Å². The highest BCUT2D eigenvalue weighted by Crippen LogP contribution is 2.30. The van der Waals surface area contributed by atoms with Gasteiger partial charge in [0.15, 0.2) is 5.76 Å². The molecule has 0 radical (unpaired) electrons. The van der Waals surface area contributed by atoms with Crippen LogP contribution in [0.15, 0.2) is 124 Å². The monoisotopic (exact) mass is 580 g/mol. The first kappa shape index (κ1) is 26.2. The summed E-state index contributed by atoms with van der Waals surface area (Å²) in [6, 6.07) is 35.4. The summed E-state index contributed by atoms with van der Waals surface area (Å²) in [6.07, 6.45) is 1.61. The van der Waals surface area contributed by atoms with E-state index in [0.29, 0.717) is 44.1 Å². The van der Waals surface area contributed by atoms with E-state index in [1.165, 1.54) is 4.68 Å². The number of ether oxygens (including phenoxy) is 1. The molecule has 2 aromatic heterocycles. The summed E-state index contributed by atoms with van der Waals surface area (Å²) < 4.78 is 13.6. The maximum atomic E-state index is 13.8. The Hall–Kier alpha value is -5.71. The molecule has 0 N–H and O–H groups in total. The molecule has 0 fully saturated rings. The summed E-state index contributed by atoms with van der Waals surface area (Å²) in [5, 5.41) is 17.9. The zero-order valence-corrected chi connectivity index (χ0v) is 23.3. The average molecular weight is 581 g/mol. The predicted octanol–water partition coefficient (Wildman–Crippen LogP) is 7.95. The van der Waals surface area contributed by atoms with Crippen LogP contribution in [0.3, 0.4) is 0 Å². The number of fused-ring (bicyclic) bond motifs is 3. The number of furan rings is 1. The van der Waals surface area contributed by atoms with Crippen LogP contribution in [-0.2, 0) is 6.61 Å². The Labute approximate surface area is 250 Å². The van der Waals surface area contributed by atoms with E-state index < -0.39 is 0 Å². The van der Waals surface area contributed by atoms with Gasteiger partial charge in [0.1, 0.15) is 17.9 Å². The van der Waals surface area contributed by atoms with Gasteiger partial charge < -0.3 is 9.15 Å². The number of nitriles is 1. The molecule has 0 unspecified atom stereocenters. The van der Waals surface area contributed by atoms with Crippen LogP contribution in [0.25, 0.3) is 44.2 Å². The molecule has 0 aliphatic rings. The number of nitrogens with zero attached hydrogens (tertiary/aromatic N) is 4. The van der Waals surface area contributed by atoms with Crippen molar-refractivity contribution in [3.05, 3.63) is 141 Å². The fourth-order valence-corrected chi connectivity index (χ4v) is 5.26. The predicted molar refractivity (Wildman–Crippen MR) is 169 cm³/mol. The van der Waals surface area contributed by atoms with Gasteiger partial charge in [0, 0.05) is 21.5 Å². The van der Waals surface area contributed by atoms with E-state index in [0.717, 1.165) is 21.7 Å². The van der Waals surface area contributed by atoms with Crippen molar-refractivity contribution in [3.63, 3.8) is 0 Å². The third-order valence-corrected chi connectivity index (χ3v) is 7.44. The fourth-order valence-electron chi connectivity index (χ4n) is 5.08. The van der Waals surface area contributed by atoms with Gasteiger partial charge in [-0.2, -0.15) is 15.0 Å². The van der Waals surface area contributed by atoms with Crippen molar-refractivity contribution < 1.29 is 9.15 Å². The molecule has 0 saturated carbocycles. The van der Waals surface area contributed by atoms with Crippen LogP contribution in [0, 0.1) is 11.3 Å². The Balaban J connectivity index is 1.38. The van der Waals surface area contributed by atoms with Gasteiger partial charge in [-0.1, -0.05) is 72.3 Å². The van der Waals surface area contributed by atoms with Gasteiger partial charge >= 0.3 is 0 Å². The molecule has 206 valence electrons. The molecule has 0 atom stereocenters. The largest absolute Gasteiger partial charge is 0.488 e. The second-order valence-electron chi connectivity index (χ2n) is 9.86. The molecule has 0 bridgehead atoms. The normalized spacial score (nSPS) is 11.4. The molecular formula is C35H21ClN4O3. The molecule has 0 spiro atoms. The lowest BCUT2D eigenvalue weighted by Crippen LogP contribution is -2.20. The van der Waals surface area contributed by atoms with Gasteiger partial charge in [-0.25, -0.2) is 4.98 Å². The molecule has 8 heteroatoms. The van der Waals surface area contributed by atoms with Crippen molar-refractivity contribution in [2.24, 2.45) is 5.10 Å². The molecule has 0 amide bonds. The van der Waals surface area contributed by atoms with Crippen LogP contribution in [0.1, 0.15) is 16.7 Å². The first-order valence-electron chi connectivity index (χ1n) is 13.5. The quantitative estimate of drug-likeness (QED) is 0.186. The van der Waals surface area contributed by atoms with E-state index in [1.54, 1.807) is 54.7 Å². The van der Waals surface area contributed by atoms with Crippen molar-refractivity contribution in [1.29, 1.82) is 5.26 Å². The highest BCUT2D eigenvalue weighted by Gasteiger charge is 2.17.